The summed E-state index contributed by atoms with van der Waals surface area (Å²) in [5.74, 6) is 1.12. The number of ether oxygens (including phenoxy) is 2. The average Bonchev–Trinajstić information content (AvgIpc) is 2.91. The van der Waals surface area contributed by atoms with E-state index in [1.54, 1.807) is 32.5 Å². The molecule has 0 radical (unpaired) electrons. The quantitative estimate of drug-likeness (QED) is 0.818. The minimum atomic E-state index is 0.0798. The lowest BCUT2D eigenvalue weighted by atomic mass is 9.95. The van der Waals surface area contributed by atoms with Crippen LogP contribution >= 0.6 is 0 Å². The largest absolute Gasteiger partial charge is 0.481 e. The Morgan fingerprint density at radius 2 is 2.17 bits per heavy atom. The molecule has 126 valence electrons. The summed E-state index contributed by atoms with van der Waals surface area (Å²) in [6.45, 7) is 4.39. The van der Waals surface area contributed by atoms with Crippen molar-refractivity contribution in [1.29, 1.82) is 0 Å². The van der Waals surface area contributed by atoms with Gasteiger partial charge in [-0.15, -0.1) is 0 Å². The zero-order valence-electron chi connectivity index (χ0n) is 13.9. The zero-order chi connectivity index (χ0) is 16.2. The molecule has 23 heavy (non-hydrogen) atoms. The highest BCUT2D eigenvalue weighted by Crippen LogP contribution is 2.28. The SMILES string of the molecule is COCCN1C[C@H]2CC[C@@H]1CN(C(=O)c1ccnc(OC)c1)C2. The lowest BCUT2D eigenvalue weighted by Crippen LogP contribution is -2.45. The summed E-state index contributed by atoms with van der Waals surface area (Å²) in [6, 6.07) is 3.93. The van der Waals surface area contributed by atoms with Crippen LogP contribution in [-0.2, 0) is 4.74 Å². The van der Waals surface area contributed by atoms with Crippen LogP contribution in [0, 0.1) is 5.92 Å². The fourth-order valence-electron chi connectivity index (χ4n) is 3.66. The van der Waals surface area contributed by atoms with Crippen LogP contribution in [0.3, 0.4) is 0 Å². The molecule has 1 amide bonds. The maximum atomic E-state index is 12.9. The van der Waals surface area contributed by atoms with Crippen molar-refractivity contribution in [1.82, 2.24) is 14.8 Å². The first kappa shape index (κ1) is 16.2. The summed E-state index contributed by atoms with van der Waals surface area (Å²) in [6.07, 6.45) is 4.00. The number of methoxy groups -OCH3 is 2. The molecular weight excluding hydrogens is 294 g/mol. The first-order valence-corrected chi connectivity index (χ1v) is 8.23. The Morgan fingerprint density at radius 1 is 1.30 bits per heavy atom. The molecule has 2 bridgehead atoms. The third-order valence-electron chi connectivity index (χ3n) is 4.89. The van der Waals surface area contributed by atoms with Crippen molar-refractivity contribution >= 4 is 5.91 Å². The van der Waals surface area contributed by atoms with Crippen LogP contribution in [0.2, 0.25) is 0 Å². The van der Waals surface area contributed by atoms with Gasteiger partial charge in [-0.05, 0) is 24.8 Å². The Morgan fingerprint density at radius 3 is 2.96 bits per heavy atom. The van der Waals surface area contributed by atoms with Gasteiger partial charge in [-0.2, -0.15) is 0 Å². The number of carbonyl (C=O) groups excluding carboxylic acids is 1. The van der Waals surface area contributed by atoms with Gasteiger partial charge < -0.3 is 14.4 Å². The molecule has 1 aromatic rings. The fraction of sp³-hybridized carbons (Fsp3) is 0.647. The highest BCUT2D eigenvalue weighted by Gasteiger charge is 2.36. The van der Waals surface area contributed by atoms with E-state index in [2.05, 4.69) is 9.88 Å². The molecule has 6 heteroatoms. The second-order valence-corrected chi connectivity index (χ2v) is 6.38. The molecule has 3 aliphatic rings. The smallest absolute Gasteiger partial charge is 0.254 e. The van der Waals surface area contributed by atoms with Crippen LogP contribution in [0.1, 0.15) is 23.2 Å². The van der Waals surface area contributed by atoms with Crippen molar-refractivity contribution in [2.45, 2.75) is 18.9 Å². The molecule has 0 unspecified atom stereocenters. The highest BCUT2D eigenvalue weighted by molar-refractivity contribution is 5.94. The molecule has 0 aliphatic carbocycles. The summed E-state index contributed by atoms with van der Waals surface area (Å²) in [5, 5.41) is 0. The molecule has 3 fully saturated rings. The first-order valence-electron chi connectivity index (χ1n) is 8.23. The molecule has 4 heterocycles. The van der Waals surface area contributed by atoms with Crippen molar-refractivity contribution in [2.75, 3.05) is 47.0 Å². The first-order chi connectivity index (χ1) is 11.2. The van der Waals surface area contributed by atoms with Crippen molar-refractivity contribution in [3.63, 3.8) is 0 Å². The number of amides is 1. The van der Waals surface area contributed by atoms with E-state index in [1.165, 1.54) is 6.42 Å². The third kappa shape index (κ3) is 3.64. The number of aromatic nitrogens is 1. The molecule has 0 aromatic carbocycles. The van der Waals surface area contributed by atoms with Gasteiger partial charge in [0.1, 0.15) is 0 Å². The zero-order valence-corrected chi connectivity index (χ0v) is 13.9. The third-order valence-corrected chi connectivity index (χ3v) is 4.89. The van der Waals surface area contributed by atoms with E-state index < -0.39 is 0 Å². The number of pyridine rings is 1. The molecule has 3 saturated heterocycles. The van der Waals surface area contributed by atoms with Gasteiger partial charge in [-0.25, -0.2) is 4.98 Å². The fourth-order valence-corrected chi connectivity index (χ4v) is 3.66. The maximum absolute atomic E-state index is 12.9. The highest BCUT2D eigenvalue weighted by atomic mass is 16.5. The predicted molar refractivity (Wildman–Crippen MR) is 86.7 cm³/mol. The van der Waals surface area contributed by atoms with Crippen molar-refractivity contribution in [3.05, 3.63) is 23.9 Å². The monoisotopic (exact) mass is 319 g/mol. The van der Waals surface area contributed by atoms with Gasteiger partial charge in [0, 0.05) is 57.2 Å². The topological polar surface area (TPSA) is 54.9 Å². The van der Waals surface area contributed by atoms with Gasteiger partial charge in [0.15, 0.2) is 0 Å². The van der Waals surface area contributed by atoms with Crippen LogP contribution in [0.15, 0.2) is 18.3 Å². The minimum Gasteiger partial charge on any atom is -0.481 e. The van der Waals surface area contributed by atoms with Crippen molar-refractivity contribution in [3.8, 4) is 5.88 Å². The molecule has 0 N–H and O–H groups in total. The molecular formula is C17H25N3O3. The van der Waals surface area contributed by atoms with Gasteiger partial charge in [-0.1, -0.05) is 0 Å². The Hall–Kier alpha value is -1.66. The van der Waals surface area contributed by atoms with E-state index in [9.17, 15) is 4.79 Å². The number of carbonyl (C=O) groups is 1. The summed E-state index contributed by atoms with van der Waals surface area (Å²) >= 11 is 0. The normalized spacial score (nSPS) is 24.5. The number of nitrogens with zero attached hydrogens (tertiary/aromatic N) is 3. The number of hydrogen-bond acceptors (Lipinski definition) is 5. The molecule has 3 aliphatic heterocycles. The van der Waals surface area contributed by atoms with E-state index >= 15 is 0 Å². The summed E-state index contributed by atoms with van der Waals surface area (Å²) in [5.41, 5.74) is 0.654. The second-order valence-electron chi connectivity index (χ2n) is 6.38. The van der Waals surface area contributed by atoms with Gasteiger partial charge >= 0.3 is 0 Å². The molecule has 0 spiro atoms. The van der Waals surface area contributed by atoms with Gasteiger partial charge in [0.2, 0.25) is 5.88 Å². The Kier molecular flexibility index (Phi) is 5.13. The maximum Gasteiger partial charge on any atom is 0.254 e. The molecule has 2 atom stereocenters. The van der Waals surface area contributed by atoms with Crippen molar-refractivity contribution in [2.24, 2.45) is 5.92 Å². The van der Waals surface area contributed by atoms with Crippen LogP contribution < -0.4 is 4.74 Å². The molecule has 4 rings (SSSR count). The van der Waals surface area contributed by atoms with Crippen molar-refractivity contribution < 1.29 is 14.3 Å². The summed E-state index contributed by atoms with van der Waals surface area (Å²) in [7, 11) is 3.30. The van der Waals surface area contributed by atoms with Crippen LogP contribution in [0.4, 0.5) is 0 Å². The van der Waals surface area contributed by atoms with Crippen LogP contribution in [-0.4, -0.2) is 73.7 Å². The lowest BCUT2D eigenvalue weighted by Gasteiger charge is -2.35. The van der Waals surface area contributed by atoms with Gasteiger partial charge in [-0.3, -0.25) is 9.69 Å². The Balaban J connectivity index is 1.72. The summed E-state index contributed by atoms with van der Waals surface area (Å²) < 4.78 is 10.3. The minimum absolute atomic E-state index is 0.0798. The Bertz CT molecular complexity index is 552. The molecule has 0 saturated carbocycles. The number of fused-ring (bicyclic) bond motifs is 4. The van der Waals surface area contributed by atoms with E-state index in [-0.39, 0.29) is 5.91 Å². The van der Waals surface area contributed by atoms with E-state index in [1.807, 2.05) is 4.90 Å². The molecule has 1 aromatic heterocycles. The van der Waals surface area contributed by atoms with Crippen LogP contribution in [0.5, 0.6) is 5.88 Å². The Labute approximate surface area is 137 Å². The van der Waals surface area contributed by atoms with E-state index in [0.29, 0.717) is 23.4 Å². The van der Waals surface area contributed by atoms with E-state index in [0.717, 1.165) is 39.2 Å². The predicted octanol–water partition coefficient (Wildman–Crippen LogP) is 1.27. The second kappa shape index (κ2) is 7.27. The van der Waals surface area contributed by atoms with Gasteiger partial charge in [0.05, 0.1) is 13.7 Å². The summed E-state index contributed by atoms with van der Waals surface area (Å²) in [4.78, 5) is 21.4. The number of piperidine rings is 1. The number of hydrogen-bond donors (Lipinski definition) is 0. The lowest BCUT2D eigenvalue weighted by molar-refractivity contribution is 0.0717. The van der Waals surface area contributed by atoms with Crippen LogP contribution in [0.25, 0.3) is 0 Å². The van der Waals surface area contributed by atoms with Gasteiger partial charge in [0.25, 0.3) is 5.91 Å². The standard InChI is InChI=1S/C17H25N3O3/c1-22-8-7-19-10-13-3-4-15(19)12-20(11-13)17(21)14-5-6-18-16(9-14)23-2/h5-6,9,13,15H,3-4,7-8,10-12H2,1-2H3/t13-,15-/m1/s1. The average molecular weight is 319 g/mol. The molecule has 6 nitrogen and oxygen atoms in total. The number of rotatable bonds is 5. The van der Waals surface area contributed by atoms with E-state index in [4.69, 9.17) is 9.47 Å².